The lowest BCUT2D eigenvalue weighted by molar-refractivity contribution is -0.143. The van der Waals surface area contributed by atoms with Gasteiger partial charge in [0.2, 0.25) is 17.7 Å². The van der Waals surface area contributed by atoms with Crippen molar-refractivity contribution in [3.05, 3.63) is 54.4 Å². The van der Waals surface area contributed by atoms with Gasteiger partial charge in [-0.2, -0.15) is 5.26 Å². The average molecular weight is 686 g/mol. The molecule has 3 heterocycles. The molecule has 5 atom stereocenters. The summed E-state index contributed by atoms with van der Waals surface area (Å²) >= 11 is 1.48. The minimum Gasteiger partial charge on any atom is -0.471 e. The number of alkyl carbamates (subject to hydrolysis) is 1. The summed E-state index contributed by atoms with van der Waals surface area (Å²) in [7, 11) is 0. The fourth-order valence-electron chi connectivity index (χ4n) is 6.28. The molecule has 49 heavy (non-hydrogen) atoms. The van der Waals surface area contributed by atoms with Crippen molar-refractivity contribution >= 4 is 46.2 Å². The molecule has 2 aliphatic carbocycles. The molecule has 0 radical (unpaired) electrons. The molecule has 4 amide bonds. The van der Waals surface area contributed by atoms with Crippen LogP contribution in [0.4, 0.5) is 4.79 Å². The minimum absolute atomic E-state index is 0.0104. The number of benzene rings is 1. The highest BCUT2D eigenvalue weighted by Gasteiger charge is 2.61. The molecule has 13 nitrogen and oxygen atoms in total. The molecule has 256 valence electrons. The van der Waals surface area contributed by atoms with Gasteiger partial charge in [-0.15, -0.1) is 17.9 Å². The fraction of sp³-hybridized carbons (Fsp3) is 0.457. The van der Waals surface area contributed by atoms with Crippen molar-refractivity contribution in [1.29, 1.82) is 5.26 Å². The van der Waals surface area contributed by atoms with Gasteiger partial charge in [-0.3, -0.25) is 19.7 Å². The summed E-state index contributed by atoms with van der Waals surface area (Å²) in [5.74, 6) is -1.89. The minimum atomic E-state index is -1.37. The van der Waals surface area contributed by atoms with Crippen molar-refractivity contribution in [3.8, 4) is 22.6 Å². The van der Waals surface area contributed by atoms with Gasteiger partial charge in [0.1, 0.15) is 35.5 Å². The van der Waals surface area contributed by atoms with Crippen molar-refractivity contribution in [2.24, 2.45) is 11.3 Å². The molecule has 1 unspecified atom stereocenters. The third kappa shape index (κ3) is 6.94. The Bertz CT molecular complexity index is 1810. The molecule has 0 spiro atoms. The van der Waals surface area contributed by atoms with Gasteiger partial charge >= 0.3 is 6.09 Å². The summed E-state index contributed by atoms with van der Waals surface area (Å²) in [5.41, 5.74) is -0.286. The number of thiophene rings is 1. The summed E-state index contributed by atoms with van der Waals surface area (Å²) in [5, 5.41) is 18.7. The Morgan fingerprint density at radius 3 is 2.45 bits per heavy atom. The van der Waals surface area contributed by atoms with Crippen LogP contribution in [-0.4, -0.2) is 75.1 Å². The lowest BCUT2D eigenvalue weighted by Gasteiger charge is -2.36. The van der Waals surface area contributed by atoms with Gasteiger partial charge in [0.15, 0.2) is 6.19 Å². The Hall–Kier alpha value is -5.03. The zero-order chi connectivity index (χ0) is 34.9. The topological polar surface area (TPSA) is 176 Å². The zero-order valence-corrected chi connectivity index (χ0v) is 28.4. The summed E-state index contributed by atoms with van der Waals surface area (Å²) in [6, 6.07) is 9.11. The van der Waals surface area contributed by atoms with E-state index in [1.54, 1.807) is 12.3 Å². The number of rotatable bonds is 10. The largest absolute Gasteiger partial charge is 0.471 e. The molecule has 6 rings (SSSR count). The maximum absolute atomic E-state index is 14.4. The average Bonchev–Trinajstić information content (AvgIpc) is 3.34. The fourth-order valence-corrected chi connectivity index (χ4v) is 6.98. The van der Waals surface area contributed by atoms with Gasteiger partial charge in [-0.1, -0.05) is 45.0 Å². The molecule has 3 aliphatic rings. The van der Waals surface area contributed by atoms with Crippen molar-refractivity contribution in [2.75, 3.05) is 6.54 Å². The van der Waals surface area contributed by atoms with E-state index in [0.717, 1.165) is 24.1 Å². The van der Waals surface area contributed by atoms with Gasteiger partial charge in [0, 0.05) is 12.3 Å². The molecule has 14 heteroatoms. The van der Waals surface area contributed by atoms with Crippen LogP contribution in [0.2, 0.25) is 0 Å². The number of carbonyl (C=O) groups is 4. The number of likely N-dealkylation sites (tertiary alicyclic amines) is 1. The molecule has 3 aromatic rings. The summed E-state index contributed by atoms with van der Waals surface area (Å²) in [6.07, 6.45) is 4.43. The Labute approximate surface area is 288 Å². The lowest BCUT2D eigenvalue weighted by atomic mass is 9.85. The van der Waals surface area contributed by atoms with Crippen molar-refractivity contribution in [2.45, 2.75) is 82.7 Å². The highest BCUT2D eigenvalue weighted by Crippen LogP contribution is 2.45. The number of nitriles is 1. The molecule has 3 fully saturated rings. The van der Waals surface area contributed by atoms with Gasteiger partial charge in [0.25, 0.3) is 5.91 Å². The van der Waals surface area contributed by atoms with E-state index >= 15 is 0 Å². The van der Waals surface area contributed by atoms with Crippen LogP contribution in [-0.2, 0) is 19.1 Å². The van der Waals surface area contributed by atoms with Gasteiger partial charge in [0.05, 0.1) is 22.5 Å². The SMILES string of the molecule is C=CC1C[C@]1(NC(=O)[C@@H]1C[C@@H](Oc2nc3ccccc3nc2-c2cccs2)CN1C(=O)[C@H](NC(=O)OC1CCC1)C(C)(C)C)C(=O)NC#N. The van der Waals surface area contributed by atoms with E-state index in [2.05, 4.69) is 22.5 Å². The molecule has 1 aromatic carbocycles. The zero-order valence-electron chi connectivity index (χ0n) is 27.6. The first-order chi connectivity index (χ1) is 23.4. The van der Waals surface area contributed by atoms with Crippen LogP contribution in [0.15, 0.2) is 54.4 Å². The van der Waals surface area contributed by atoms with Gasteiger partial charge in [-0.05, 0) is 54.7 Å². The van der Waals surface area contributed by atoms with E-state index in [1.165, 1.54) is 16.2 Å². The number of fused-ring (bicyclic) bond motifs is 1. The predicted molar refractivity (Wildman–Crippen MR) is 181 cm³/mol. The van der Waals surface area contributed by atoms with Crippen molar-refractivity contribution in [3.63, 3.8) is 0 Å². The van der Waals surface area contributed by atoms with E-state index in [9.17, 15) is 19.2 Å². The van der Waals surface area contributed by atoms with E-state index in [1.807, 2.05) is 62.5 Å². The number of aromatic nitrogens is 2. The molecule has 1 saturated heterocycles. The molecule has 2 aromatic heterocycles. The molecule has 3 N–H and O–H groups in total. The number of hydrogen-bond donors (Lipinski definition) is 3. The van der Waals surface area contributed by atoms with Gasteiger partial charge < -0.3 is 25.0 Å². The quantitative estimate of drug-likeness (QED) is 0.161. The Balaban J connectivity index is 1.31. The first kappa shape index (κ1) is 33.9. The van der Waals surface area contributed by atoms with Crippen LogP contribution in [0.5, 0.6) is 5.88 Å². The molecule has 1 aliphatic heterocycles. The Morgan fingerprint density at radius 2 is 1.86 bits per heavy atom. The predicted octanol–water partition coefficient (Wildman–Crippen LogP) is 4.06. The van der Waals surface area contributed by atoms with Crippen molar-refractivity contribution < 1.29 is 28.7 Å². The maximum Gasteiger partial charge on any atom is 0.408 e. The number of hydrogen-bond acceptors (Lipinski definition) is 10. The first-order valence-electron chi connectivity index (χ1n) is 16.3. The first-order valence-corrected chi connectivity index (χ1v) is 17.2. The number of ether oxygens (including phenoxy) is 2. The summed E-state index contributed by atoms with van der Waals surface area (Å²) < 4.78 is 12.0. The second-order valence-corrected chi connectivity index (χ2v) is 14.7. The normalized spacial score (nSPS) is 23.8. The number of nitrogens with one attached hydrogen (secondary N) is 3. The van der Waals surface area contributed by atoms with E-state index in [0.29, 0.717) is 16.7 Å². The highest BCUT2D eigenvalue weighted by atomic mass is 32.1. The number of carbonyl (C=O) groups excluding carboxylic acids is 4. The summed E-state index contributed by atoms with van der Waals surface area (Å²) in [4.78, 5) is 66.2. The van der Waals surface area contributed by atoms with Crippen LogP contribution >= 0.6 is 11.3 Å². The van der Waals surface area contributed by atoms with Crippen LogP contribution in [0.3, 0.4) is 0 Å². The standard InChI is InChI=1S/C35H39N7O6S/c1-5-20-17-35(20,32(45)37-19-36)41-29(43)25-16-22(18-42(25)31(44)28(34(2,3)4)40-33(46)48-21-10-8-11-21)47-30-27(26-14-9-15-49-26)38-23-12-6-7-13-24(23)39-30/h5-7,9,12-15,20-22,25,28H,1,8,10-11,16-18H2,2-4H3,(H,37,45)(H,40,46)(H,41,43)/t20?,22-,25+,28+,35-/m1/s1. The Morgan fingerprint density at radius 1 is 1.12 bits per heavy atom. The van der Waals surface area contributed by atoms with E-state index in [4.69, 9.17) is 24.7 Å². The molecular weight excluding hydrogens is 646 g/mol. The molecule has 2 saturated carbocycles. The second-order valence-electron chi connectivity index (χ2n) is 13.8. The van der Waals surface area contributed by atoms with Crippen LogP contribution in [0.25, 0.3) is 21.6 Å². The van der Waals surface area contributed by atoms with E-state index < -0.39 is 58.9 Å². The maximum atomic E-state index is 14.4. The van der Waals surface area contributed by atoms with E-state index in [-0.39, 0.29) is 31.4 Å². The highest BCUT2D eigenvalue weighted by molar-refractivity contribution is 7.13. The molecular formula is C35H39N7O6S. The molecule has 0 bridgehead atoms. The number of nitrogens with zero attached hydrogens (tertiary/aromatic N) is 4. The number of para-hydroxylation sites is 2. The second kappa shape index (κ2) is 13.5. The Kier molecular flexibility index (Phi) is 9.30. The van der Waals surface area contributed by atoms with Gasteiger partial charge in [-0.25, -0.2) is 14.8 Å². The summed E-state index contributed by atoms with van der Waals surface area (Å²) in [6.45, 7) is 9.20. The smallest absolute Gasteiger partial charge is 0.408 e. The third-order valence-electron chi connectivity index (χ3n) is 9.34. The lowest BCUT2D eigenvalue weighted by Crippen LogP contribution is -2.60. The van der Waals surface area contributed by atoms with Crippen LogP contribution in [0, 0.1) is 22.8 Å². The van der Waals surface area contributed by atoms with Crippen LogP contribution in [0.1, 0.15) is 52.9 Å². The third-order valence-corrected chi connectivity index (χ3v) is 10.2. The van der Waals surface area contributed by atoms with Crippen LogP contribution < -0.4 is 20.7 Å². The van der Waals surface area contributed by atoms with Crippen molar-refractivity contribution in [1.82, 2.24) is 30.8 Å². The monoisotopic (exact) mass is 685 g/mol. The number of amides is 4.